The zero-order chi connectivity index (χ0) is 8.55. The number of nitrogen functional groups attached to an aromatic ring is 1. The Balaban J connectivity index is 2.07. The number of aromatic nitrogens is 2. The third-order valence-corrected chi connectivity index (χ3v) is 1.64. The standard InChI is InChI=1S/C6H8N4O2/c7-5-4(9-12-10-5)6(11)8-3-1-2-3/h3H,1-2H2,(H2,7,10)(H,8,11). The summed E-state index contributed by atoms with van der Waals surface area (Å²) in [5, 5.41) is 9.39. The van der Waals surface area contributed by atoms with Crippen LogP contribution in [0.25, 0.3) is 0 Å². The number of anilines is 1. The van der Waals surface area contributed by atoms with Gasteiger partial charge < -0.3 is 11.1 Å². The molecule has 0 spiro atoms. The molecule has 6 heteroatoms. The molecule has 0 atom stereocenters. The second kappa shape index (κ2) is 2.47. The first-order valence-corrected chi connectivity index (χ1v) is 3.66. The maximum atomic E-state index is 11.2. The summed E-state index contributed by atoms with van der Waals surface area (Å²) in [6.07, 6.45) is 2.05. The number of nitrogens with zero attached hydrogens (tertiary/aromatic N) is 2. The molecule has 0 saturated heterocycles. The van der Waals surface area contributed by atoms with Gasteiger partial charge in [-0.25, -0.2) is 4.63 Å². The molecule has 1 heterocycles. The monoisotopic (exact) mass is 168 g/mol. The van der Waals surface area contributed by atoms with E-state index < -0.39 is 0 Å². The smallest absolute Gasteiger partial charge is 0.277 e. The Morgan fingerprint density at radius 3 is 2.83 bits per heavy atom. The van der Waals surface area contributed by atoms with Crippen molar-refractivity contribution in [3.63, 3.8) is 0 Å². The number of nitrogens with one attached hydrogen (secondary N) is 1. The molecule has 12 heavy (non-hydrogen) atoms. The molecule has 0 aliphatic heterocycles. The van der Waals surface area contributed by atoms with Crippen LogP contribution in [0, 0.1) is 0 Å². The van der Waals surface area contributed by atoms with Crippen LogP contribution in [0.3, 0.4) is 0 Å². The molecule has 2 rings (SSSR count). The lowest BCUT2D eigenvalue weighted by Gasteiger charge is -1.97. The SMILES string of the molecule is Nc1nonc1C(=O)NC1CC1. The molecule has 1 aromatic heterocycles. The summed E-state index contributed by atoms with van der Waals surface area (Å²) in [5.74, 6) is -0.274. The van der Waals surface area contributed by atoms with Crippen LogP contribution in [0.15, 0.2) is 4.63 Å². The van der Waals surface area contributed by atoms with Gasteiger partial charge in [-0.2, -0.15) is 0 Å². The molecule has 1 aromatic rings. The third-order valence-electron chi connectivity index (χ3n) is 1.64. The highest BCUT2D eigenvalue weighted by molar-refractivity contribution is 5.96. The van der Waals surface area contributed by atoms with Gasteiger partial charge in [0.25, 0.3) is 5.91 Å². The van der Waals surface area contributed by atoms with Gasteiger partial charge in [-0.1, -0.05) is 0 Å². The topological polar surface area (TPSA) is 94.0 Å². The quantitative estimate of drug-likeness (QED) is 0.623. The summed E-state index contributed by atoms with van der Waals surface area (Å²) in [6.45, 7) is 0. The second-order valence-corrected chi connectivity index (χ2v) is 2.75. The minimum Gasteiger partial charge on any atom is -0.379 e. The van der Waals surface area contributed by atoms with Crippen molar-refractivity contribution in [2.24, 2.45) is 0 Å². The molecule has 0 aromatic carbocycles. The Hall–Kier alpha value is -1.59. The fraction of sp³-hybridized carbons (Fsp3) is 0.500. The van der Waals surface area contributed by atoms with Crippen LogP contribution in [0.2, 0.25) is 0 Å². The van der Waals surface area contributed by atoms with E-state index in [1.807, 2.05) is 0 Å². The van der Waals surface area contributed by atoms with Gasteiger partial charge in [0.05, 0.1) is 0 Å². The summed E-state index contributed by atoms with van der Waals surface area (Å²) in [6, 6.07) is 0.286. The summed E-state index contributed by atoms with van der Waals surface area (Å²) in [7, 11) is 0. The first-order valence-electron chi connectivity index (χ1n) is 3.66. The summed E-state index contributed by atoms with van der Waals surface area (Å²) < 4.78 is 4.28. The normalized spacial score (nSPS) is 16.0. The van der Waals surface area contributed by atoms with Crippen molar-refractivity contribution in [2.45, 2.75) is 18.9 Å². The van der Waals surface area contributed by atoms with E-state index in [0.717, 1.165) is 12.8 Å². The summed E-state index contributed by atoms with van der Waals surface area (Å²) >= 11 is 0. The summed E-state index contributed by atoms with van der Waals surface area (Å²) in [5.41, 5.74) is 5.38. The number of amides is 1. The van der Waals surface area contributed by atoms with Crippen LogP contribution in [0.4, 0.5) is 5.82 Å². The van der Waals surface area contributed by atoms with E-state index in [2.05, 4.69) is 20.3 Å². The maximum Gasteiger partial charge on any atom is 0.277 e. The molecule has 1 aliphatic rings. The van der Waals surface area contributed by atoms with E-state index in [0.29, 0.717) is 0 Å². The van der Waals surface area contributed by atoms with Crippen LogP contribution in [0.1, 0.15) is 23.3 Å². The maximum absolute atomic E-state index is 11.2. The van der Waals surface area contributed by atoms with Crippen LogP contribution in [-0.4, -0.2) is 22.3 Å². The minimum atomic E-state index is -0.309. The predicted molar refractivity (Wildman–Crippen MR) is 39.2 cm³/mol. The van der Waals surface area contributed by atoms with E-state index in [1.54, 1.807) is 0 Å². The van der Waals surface area contributed by atoms with Crippen LogP contribution in [0.5, 0.6) is 0 Å². The Labute approximate surface area is 68.1 Å². The van der Waals surface area contributed by atoms with E-state index in [-0.39, 0.29) is 23.5 Å². The lowest BCUT2D eigenvalue weighted by molar-refractivity contribution is 0.0942. The van der Waals surface area contributed by atoms with E-state index in [1.165, 1.54) is 0 Å². The summed E-state index contributed by atoms with van der Waals surface area (Å²) in [4.78, 5) is 11.2. The highest BCUT2D eigenvalue weighted by Gasteiger charge is 2.26. The molecular weight excluding hydrogens is 160 g/mol. The number of hydrogen-bond donors (Lipinski definition) is 2. The zero-order valence-corrected chi connectivity index (χ0v) is 6.28. The molecule has 3 N–H and O–H groups in total. The Bertz CT molecular complexity index is 304. The fourth-order valence-electron chi connectivity index (χ4n) is 0.834. The molecule has 1 saturated carbocycles. The minimum absolute atomic E-state index is 0.0353. The first-order chi connectivity index (χ1) is 5.77. The molecule has 0 radical (unpaired) electrons. The second-order valence-electron chi connectivity index (χ2n) is 2.75. The van der Waals surface area contributed by atoms with Gasteiger partial charge in [0.15, 0.2) is 0 Å². The van der Waals surface area contributed by atoms with Gasteiger partial charge in [-0.05, 0) is 23.2 Å². The van der Waals surface area contributed by atoms with Crippen molar-refractivity contribution in [1.82, 2.24) is 15.6 Å². The lowest BCUT2D eigenvalue weighted by Crippen LogP contribution is -2.26. The van der Waals surface area contributed by atoms with Gasteiger partial charge in [0, 0.05) is 6.04 Å². The molecule has 64 valence electrons. The fourth-order valence-corrected chi connectivity index (χ4v) is 0.834. The van der Waals surface area contributed by atoms with Gasteiger partial charge in [0.1, 0.15) is 0 Å². The molecule has 6 nitrogen and oxygen atoms in total. The van der Waals surface area contributed by atoms with Crippen molar-refractivity contribution in [2.75, 3.05) is 5.73 Å². The highest BCUT2D eigenvalue weighted by atomic mass is 16.6. The molecule has 0 bridgehead atoms. The number of nitrogens with two attached hydrogens (primary N) is 1. The van der Waals surface area contributed by atoms with Crippen LogP contribution < -0.4 is 11.1 Å². The van der Waals surface area contributed by atoms with Crippen molar-refractivity contribution in [1.29, 1.82) is 0 Å². The molecule has 1 aliphatic carbocycles. The number of rotatable bonds is 2. The lowest BCUT2D eigenvalue weighted by atomic mass is 10.4. The molecule has 1 fully saturated rings. The van der Waals surface area contributed by atoms with E-state index >= 15 is 0 Å². The van der Waals surface area contributed by atoms with Gasteiger partial charge in [-0.15, -0.1) is 0 Å². The Morgan fingerprint density at radius 1 is 1.58 bits per heavy atom. The largest absolute Gasteiger partial charge is 0.379 e. The van der Waals surface area contributed by atoms with Crippen LogP contribution in [-0.2, 0) is 0 Å². The Morgan fingerprint density at radius 2 is 2.33 bits per heavy atom. The number of hydrogen-bond acceptors (Lipinski definition) is 5. The Kier molecular flexibility index (Phi) is 1.46. The highest BCUT2D eigenvalue weighted by Crippen LogP contribution is 2.19. The van der Waals surface area contributed by atoms with E-state index in [4.69, 9.17) is 5.73 Å². The van der Waals surface area contributed by atoms with Gasteiger partial charge in [0.2, 0.25) is 11.5 Å². The van der Waals surface area contributed by atoms with Crippen molar-refractivity contribution >= 4 is 11.7 Å². The molecular formula is C6H8N4O2. The van der Waals surface area contributed by atoms with Gasteiger partial charge >= 0.3 is 0 Å². The number of carbonyl (C=O) groups is 1. The number of carbonyl (C=O) groups excluding carboxylic acids is 1. The van der Waals surface area contributed by atoms with Crippen molar-refractivity contribution in [3.8, 4) is 0 Å². The molecule has 0 unspecified atom stereocenters. The van der Waals surface area contributed by atoms with Gasteiger partial charge in [-0.3, -0.25) is 4.79 Å². The average Bonchev–Trinajstić information content (AvgIpc) is 2.72. The van der Waals surface area contributed by atoms with Crippen LogP contribution >= 0.6 is 0 Å². The third kappa shape index (κ3) is 1.23. The van der Waals surface area contributed by atoms with E-state index in [9.17, 15) is 4.79 Å². The predicted octanol–water partition coefficient (Wildman–Crippen LogP) is -0.456. The average molecular weight is 168 g/mol. The first kappa shape index (κ1) is 7.08. The van der Waals surface area contributed by atoms with Crippen molar-refractivity contribution in [3.05, 3.63) is 5.69 Å². The molecule has 1 amide bonds. The zero-order valence-electron chi connectivity index (χ0n) is 6.28. The van der Waals surface area contributed by atoms with Crippen molar-refractivity contribution < 1.29 is 9.42 Å².